The van der Waals surface area contributed by atoms with Crippen LogP contribution in [0.25, 0.3) is 22.4 Å². The molecule has 0 aliphatic carbocycles. The first kappa shape index (κ1) is 19.5. The van der Waals surface area contributed by atoms with Gasteiger partial charge in [-0.25, -0.2) is 22.0 Å². The Kier molecular flexibility index (Phi) is 5.17. The van der Waals surface area contributed by atoms with E-state index in [0.717, 1.165) is 16.8 Å². The minimum atomic E-state index is -2.96. The standard InChI is InChI=1S/C19H14F5N3O/c1-27-18(12(8-15(25)28)17(26-27)19(23)24)11-5-3-2-4-10(11)9-6-13(20)16(22)14(21)7-9/h2-7,19H,8H2,1H3,(H2,25,28). The summed E-state index contributed by atoms with van der Waals surface area (Å²) in [5.41, 5.74) is 5.18. The molecule has 2 N–H and O–H groups in total. The summed E-state index contributed by atoms with van der Waals surface area (Å²) in [6.45, 7) is 0. The number of nitrogens with zero attached hydrogens (tertiary/aromatic N) is 2. The third-order valence-corrected chi connectivity index (χ3v) is 4.21. The molecule has 1 heterocycles. The van der Waals surface area contributed by atoms with Gasteiger partial charge in [-0.1, -0.05) is 24.3 Å². The summed E-state index contributed by atoms with van der Waals surface area (Å²) >= 11 is 0. The van der Waals surface area contributed by atoms with E-state index < -0.39 is 41.9 Å². The fourth-order valence-electron chi connectivity index (χ4n) is 3.10. The van der Waals surface area contributed by atoms with Crippen molar-refractivity contribution in [3.05, 3.63) is 65.1 Å². The van der Waals surface area contributed by atoms with E-state index in [9.17, 15) is 26.7 Å². The maximum absolute atomic E-state index is 13.7. The van der Waals surface area contributed by atoms with Crippen molar-refractivity contribution in [3.63, 3.8) is 0 Å². The van der Waals surface area contributed by atoms with Gasteiger partial charge >= 0.3 is 0 Å². The van der Waals surface area contributed by atoms with Crippen LogP contribution in [0.15, 0.2) is 36.4 Å². The lowest BCUT2D eigenvalue weighted by Gasteiger charge is -2.13. The summed E-state index contributed by atoms with van der Waals surface area (Å²) in [5, 5.41) is 3.77. The van der Waals surface area contributed by atoms with Gasteiger partial charge in [-0.05, 0) is 23.3 Å². The quantitative estimate of drug-likeness (QED) is 0.522. The number of primary amides is 1. The second-order valence-electron chi connectivity index (χ2n) is 6.08. The molecule has 3 aromatic rings. The second-order valence-corrected chi connectivity index (χ2v) is 6.08. The van der Waals surface area contributed by atoms with Gasteiger partial charge in [0.15, 0.2) is 17.5 Å². The van der Waals surface area contributed by atoms with Gasteiger partial charge in [0, 0.05) is 18.2 Å². The van der Waals surface area contributed by atoms with E-state index in [2.05, 4.69) is 5.10 Å². The van der Waals surface area contributed by atoms with Crippen molar-refractivity contribution in [1.82, 2.24) is 9.78 Å². The van der Waals surface area contributed by atoms with E-state index in [-0.39, 0.29) is 27.9 Å². The van der Waals surface area contributed by atoms with E-state index in [1.54, 1.807) is 12.1 Å². The van der Waals surface area contributed by atoms with Crippen molar-refractivity contribution in [3.8, 4) is 22.4 Å². The average Bonchev–Trinajstić information content (AvgIpc) is 2.94. The Morgan fingerprint density at radius 2 is 1.68 bits per heavy atom. The summed E-state index contributed by atoms with van der Waals surface area (Å²) in [5.74, 6) is -5.23. The van der Waals surface area contributed by atoms with Gasteiger partial charge in [-0.3, -0.25) is 9.48 Å². The van der Waals surface area contributed by atoms with Crippen molar-refractivity contribution < 1.29 is 26.7 Å². The Balaban J connectivity index is 2.29. The van der Waals surface area contributed by atoms with E-state index >= 15 is 0 Å². The highest BCUT2D eigenvalue weighted by Gasteiger charge is 2.26. The van der Waals surface area contributed by atoms with E-state index in [1.807, 2.05) is 0 Å². The number of hydrogen-bond acceptors (Lipinski definition) is 2. The highest BCUT2D eigenvalue weighted by Crippen LogP contribution is 2.38. The molecule has 0 aliphatic heterocycles. The number of rotatable bonds is 5. The van der Waals surface area contributed by atoms with Gasteiger partial charge in [0.1, 0.15) is 5.69 Å². The van der Waals surface area contributed by atoms with Crippen LogP contribution in [0, 0.1) is 17.5 Å². The molecule has 1 aromatic heterocycles. The molecule has 0 atom stereocenters. The molecule has 2 aromatic carbocycles. The summed E-state index contributed by atoms with van der Waals surface area (Å²) in [4.78, 5) is 11.4. The van der Waals surface area contributed by atoms with Crippen molar-refractivity contribution in [1.29, 1.82) is 0 Å². The van der Waals surface area contributed by atoms with Crippen LogP contribution in [0.5, 0.6) is 0 Å². The van der Waals surface area contributed by atoms with Gasteiger partial charge in [0.05, 0.1) is 12.1 Å². The number of halogens is 5. The molecule has 146 valence electrons. The normalized spacial score (nSPS) is 11.2. The lowest BCUT2D eigenvalue weighted by molar-refractivity contribution is -0.117. The molecule has 9 heteroatoms. The second kappa shape index (κ2) is 7.41. The molecular weight excluding hydrogens is 381 g/mol. The molecule has 0 spiro atoms. The fraction of sp³-hybridized carbons (Fsp3) is 0.158. The average molecular weight is 395 g/mol. The van der Waals surface area contributed by atoms with Crippen LogP contribution >= 0.6 is 0 Å². The van der Waals surface area contributed by atoms with Gasteiger partial charge < -0.3 is 5.73 Å². The minimum absolute atomic E-state index is 0.00294. The third kappa shape index (κ3) is 3.47. The zero-order valence-electron chi connectivity index (χ0n) is 14.5. The minimum Gasteiger partial charge on any atom is -0.369 e. The number of aryl methyl sites for hydroxylation is 1. The number of nitrogens with two attached hydrogens (primary N) is 1. The largest absolute Gasteiger partial charge is 0.369 e. The monoisotopic (exact) mass is 395 g/mol. The molecule has 0 bridgehead atoms. The molecule has 0 radical (unpaired) electrons. The predicted molar refractivity (Wildman–Crippen MR) is 91.8 cm³/mol. The van der Waals surface area contributed by atoms with E-state index in [1.165, 1.54) is 19.2 Å². The van der Waals surface area contributed by atoms with Gasteiger partial charge in [-0.2, -0.15) is 5.10 Å². The molecule has 0 fully saturated rings. The summed E-state index contributed by atoms with van der Waals surface area (Å²) in [6.07, 6.45) is -3.45. The summed E-state index contributed by atoms with van der Waals surface area (Å²) < 4.78 is 68.7. The topological polar surface area (TPSA) is 60.9 Å². The first-order chi connectivity index (χ1) is 13.2. The van der Waals surface area contributed by atoms with Gasteiger partial charge in [-0.15, -0.1) is 0 Å². The summed E-state index contributed by atoms with van der Waals surface area (Å²) in [6, 6.07) is 7.76. The van der Waals surface area contributed by atoms with Crippen molar-refractivity contribution in [2.45, 2.75) is 12.8 Å². The van der Waals surface area contributed by atoms with Crippen molar-refractivity contribution >= 4 is 5.91 Å². The molecule has 1 amide bonds. The molecule has 0 saturated carbocycles. The maximum atomic E-state index is 13.7. The number of amides is 1. The van der Waals surface area contributed by atoms with Gasteiger partial charge in [0.2, 0.25) is 5.91 Å². The maximum Gasteiger partial charge on any atom is 0.282 e. The number of aromatic nitrogens is 2. The van der Waals surface area contributed by atoms with Crippen LogP contribution in [-0.2, 0) is 18.3 Å². The van der Waals surface area contributed by atoms with Crippen LogP contribution in [-0.4, -0.2) is 15.7 Å². The van der Waals surface area contributed by atoms with Gasteiger partial charge in [0.25, 0.3) is 6.43 Å². The molecule has 0 aliphatic rings. The lowest BCUT2D eigenvalue weighted by atomic mass is 9.94. The first-order valence-corrected chi connectivity index (χ1v) is 8.07. The Hall–Kier alpha value is -3.23. The Morgan fingerprint density at radius 1 is 1.11 bits per heavy atom. The number of carbonyl (C=O) groups excluding carboxylic acids is 1. The number of alkyl halides is 2. The smallest absolute Gasteiger partial charge is 0.282 e. The molecule has 3 rings (SSSR count). The number of benzene rings is 2. The molecule has 0 unspecified atom stereocenters. The van der Waals surface area contributed by atoms with Crippen LogP contribution < -0.4 is 5.73 Å². The molecule has 28 heavy (non-hydrogen) atoms. The van der Waals surface area contributed by atoms with Crippen molar-refractivity contribution in [2.24, 2.45) is 12.8 Å². The molecule has 0 saturated heterocycles. The van der Waals surface area contributed by atoms with E-state index in [0.29, 0.717) is 0 Å². The van der Waals surface area contributed by atoms with Crippen LogP contribution in [0.1, 0.15) is 17.7 Å². The zero-order valence-corrected chi connectivity index (χ0v) is 14.5. The zero-order chi connectivity index (χ0) is 20.6. The fourth-order valence-corrected chi connectivity index (χ4v) is 3.10. The Morgan fingerprint density at radius 3 is 2.21 bits per heavy atom. The molecular formula is C19H14F5N3O. The molecule has 4 nitrogen and oxygen atoms in total. The number of carbonyl (C=O) groups is 1. The van der Waals surface area contributed by atoms with Crippen molar-refractivity contribution in [2.75, 3.05) is 0 Å². The van der Waals surface area contributed by atoms with Crippen LogP contribution in [0.3, 0.4) is 0 Å². The highest BCUT2D eigenvalue weighted by molar-refractivity contribution is 5.86. The predicted octanol–water partition coefficient (Wildman–Crippen LogP) is 4.14. The highest BCUT2D eigenvalue weighted by atomic mass is 19.3. The van der Waals surface area contributed by atoms with Crippen LogP contribution in [0.2, 0.25) is 0 Å². The Labute approximate surface area is 156 Å². The third-order valence-electron chi connectivity index (χ3n) is 4.21. The lowest BCUT2D eigenvalue weighted by Crippen LogP contribution is -2.15. The SMILES string of the molecule is Cn1nc(C(F)F)c(CC(N)=O)c1-c1ccccc1-c1cc(F)c(F)c(F)c1. The first-order valence-electron chi connectivity index (χ1n) is 8.07. The number of hydrogen-bond donors (Lipinski definition) is 1. The Bertz CT molecular complexity index is 1040. The van der Waals surface area contributed by atoms with Crippen LogP contribution in [0.4, 0.5) is 22.0 Å². The van der Waals surface area contributed by atoms with E-state index in [4.69, 9.17) is 5.73 Å². The summed E-state index contributed by atoms with van der Waals surface area (Å²) in [7, 11) is 1.40.